The van der Waals surface area contributed by atoms with E-state index in [0.717, 1.165) is 13.2 Å². The number of aryl methyl sites for hydroxylation is 1. The molecular formula is C10H12N2O2. The van der Waals surface area contributed by atoms with Gasteiger partial charge in [-0.1, -0.05) is 0 Å². The summed E-state index contributed by atoms with van der Waals surface area (Å²) in [6.07, 6.45) is 3.48. The molecule has 2 atom stereocenters. The maximum Gasteiger partial charge on any atom is 0.202 e. The van der Waals surface area contributed by atoms with Crippen LogP contribution >= 0.6 is 0 Å². The highest BCUT2D eigenvalue weighted by Gasteiger charge is 2.58. The Morgan fingerprint density at radius 3 is 2.86 bits per heavy atom. The summed E-state index contributed by atoms with van der Waals surface area (Å²) in [7, 11) is 1.86. The molecule has 0 spiro atoms. The topological polar surface area (TPSA) is 44.1 Å². The van der Waals surface area contributed by atoms with Crippen LogP contribution in [-0.2, 0) is 11.8 Å². The van der Waals surface area contributed by atoms with E-state index in [9.17, 15) is 4.79 Å². The summed E-state index contributed by atoms with van der Waals surface area (Å²) in [5.41, 5.74) is 0. The molecule has 2 aliphatic rings. The first-order valence-electron chi connectivity index (χ1n) is 4.88. The molecule has 74 valence electrons. The van der Waals surface area contributed by atoms with Crippen molar-refractivity contribution in [2.75, 3.05) is 13.2 Å². The zero-order chi connectivity index (χ0) is 9.71. The van der Waals surface area contributed by atoms with Gasteiger partial charge in [-0.15, -0.1) is 0 Å². The molecular weight excluding hydrogens is 180 g/mol. The van der Waals surface area contributed by atoms with Gasteiger partial charge in [-0.05, 0) is 11.8 Å². The van der Waals surface area contributed by atoms with Gasteiger partial charge in [0.2, 0.25) is 5.78 Å². The third-order valence-corrected chi connectivity index (χ3v) is 3.30. The lowest BCUT2D eigenvalue weighted by Crippen LogP contribution is -2.14. The Morgan fingerprint density at radius 1 is 1.57 bits per heavy atom. The Bertz CT molecular complexity index is 375. The van der Waals surface area contributed by atoms with Crippen molar-refractivity contribution in [1.29, 1.82) is 0 Å². The molecule has 3 rings (SSSR count). The Hall–Kier alpha value is -1.16. The first-order valence-corrected chi connectivity index (χ1v) is 4.88. The van der Waals surface area contributed by atoms with Gasteiger partial charge in [-0.3, -0.25) is 4.79 Å². The molecule has 1 saturated heterocycles. The van der Waals surface area contributed by atoms with E-state index in [4.69, 9.17) is 4.74 Å². The van der Waals surface area contributed by atoms with Crippen molar-refractivity contribution in [2.24, 2.45) is 24.8 Å². The maximum absolute atomic E-state index is 12.0. The number of fused-ring (bicyclic) bond motifs is 1. The molecule has 0 aromatic carbocycles. The van der Waals surface area contributed by atoms with E-state index >= 15 is 0 Å². The Balaban J connectivity index is 1.82. The molecule has 0 bridgehead atoms. The van der Waals surface area contributed by atoms with Crippen LogP contribution in [0.3, 0.4) is 0 Å². The molecule has 1 aliphatic heterocycles. The van der Waals surface area contributed by atoms with Gasteiger partial charge in [0.05, 0.1) is 13.2 Å². The quantitative estimate of drug-likeness (QED) is 0.641. The highest BCUT2D eigenvalue weighted by molar-refractivity contribution is 5.97. The van der Waals surface area contributed by atoms with E-state index in [2.05, 4.69) is 4.98 Å². The maximum atomic E-state index is 12.0. The fourth-order valence-electron chi connectivity index (χ4n) is 2.38. The third-order valence-electron chi connectivity index (χ3n) is 3.30. The zero-order valence-corrected chi connectivity index (χ0v) is 8.01. The van der Waals surface area contributed by atoms with Crippen LogP contribution in [-0.4, -0.2) is 28.5 Å². The number of ether oxygens (including phenoxy) is 1. The van der Waals surface area contributed by atoms with Gasteiger partial charge in [0.1, 0.15) is 0 Å². The number of Topliss-reactive ketones (excluding diaryl/α,β-unsaturated/α-hetero) is 1. The number of hydrogen-bond acceptors (Lipinski definition) is 3. The van der Waals surface area contributed by atoms with Crippen LogP contribution < -0.4 is 0 Å². The normalized spacial score (nSPS) is 34.2. The van der Waals surface area contributed by atoms with E-state index in [0.29, 0.717) is 17.7 Å². The molecule has 4 nitrogen and oxygen atoms in total. The predicted octanol–water partition coefficient (Wildman–Crippen LogP) is 0.495. The molecule has 2 fully saturated rings. The van der Waals surface area contributed by atoms with E-state index in [1.165, 1.54) is 0 Å². The van der Waals surface area contributed by atoms with Crippen molar-refractivity contribution < 1.29 is 9.53 Å². The molecule has 1 saturated carbocycles. The van der Waals surface area contributed by atoms with Crippen molar-refractivity contribution in [3.05, 3.63) is 18.2 Å². The number of ketones is 1. The predicted molar refractivity (Wildman–Crippen MR) is 48.8 cm³/mol. The molecule has 0 radical (unpaired) electrons. The molecule has 1 aromatic heterocycles. The second kappa shape index (κ2) is 2.67. The van der Waals surface area contributed by atoms with Gasteiger partial charge >= 0.3 is 0 Å². The van der Waals surface area contributed by atoms with Gasteiger partial charge < -0.3 is 9.30 Å². The number of rotatable bonds is 2. The smallest absolute Gasteiger partial charge is 0.202 e. The SMILES string of the molecule is Cn1ccnc1C(=O)C1C2COCC21. The van der Waals surface area contributed by atoms with Crippen molar-refractivity contribution in [3.63, 3.8) is 0 Å². The Labute approximate surface area is 81.9 Å². The number of carbonyl (C=O) groups is 1. The fourth-order valence-corrected chi connectivity index (χ4v) is 2.38. The second-order valence-electron chi connectivity index (χ2n) is 4.12. The van der Waals surface area contributed by atoms with Crippen LogP contribution in [0.1, 0.15) is 10.6 Å². The molecule has 0 amide bonds. The van der Waals surface area contributed by atoms with Crippen molar-refractivity contribution >= 4 is 5.78 Å². The standard InChI is InChI=1S/C10H12N2O2/c1-12-3-2-11-10(12)9(13)8-6-4-14-5-7(6)8/h2-3,6-8H,4-5H2,1H3. The summed E-state index contributed by atoms with van der Waals surface area (Å²) in [5, 5.41) is 0. The van der Waals surface area contributed by atoms with Crippen molar-refractivity contribution in [3.8, 4) is 0 Å². The first-order chi connectivity index (χ1) is 6.79. The summed E-state index contributed by atoms with van der Waals surface area (Å²) in [4.78, 5) is 16.0. The highest BCUT2D eigenvalue weighted by atomic mass is 16.5. The number of carbonyl (C=O) groups excluding carboxylic acids is 1. The first kappa shape index (κ1) is 8.17. The lowest BCUT2D eigenvalue weighted by atomic mass is 10.2. The Kier molecular flexibility index (Phi) is 1.56. The zero-order valence-electron chi connectivity index (χ0n) is 8.01. The highest BCUT2D eigenvalue weighted by Crippen LogP contribution is 2.51. The van der Waals surface area contributed by atoms with Crippen LogP contribution in [0.2, 0.25) is 0 Å². The van der Waals surface area contributed by atoms with Gasteiger partial charge in [0.25, 0.3) is 0 Å². The van der Waals surface area contributed by atoms with Gasteiger partial charge in [-0.25, -0.2) is 4.98 Å². The number of aromatic nitrogens is 2. The van der Waals surface area contributed by atoms with E-state index in [1.807, 2.05) is 13.2 Å². The van der Waals surface area contributed by atoms with E-state index in [1.54, 1.807) is 10.8 Å². The molecule has 0 N–H and O–H groups in total. The molecule has 2 heterocycles. The average Bonchev–Trinajstić information content (AvgIpc) is 2.57. The molecule has 14 heavy (non-hydrogen) atoms. The summed E-state index contributed by atoms with van der Waals surface area (Å²) in [6.45, 7) is 1.51. The summed E-state index contributed by atoms with van der Waals surface area (Å²) in [5.74, 6) is 1.91. The van der Waals surface area contributed by atoms with Gasteiger partial charge in [0, 0.05) is 25.4 Å². The largest absolute Gasteiger partial charge is 0.381 e. The van der Waals surface area contributed by atoms with Crippen LogP contribution in [0.25, 0.3) is 0 Å². The third kappa shape index (κ3) is 0.973. The van der Waals surface area contributed by atoms with Gasteiger partial charge in [0.15, 0.2) is 5.82 Å². The van der Waals surface area contributed by atoms with E-state index < -0.39 is 0 Å². The summed E-state index contributed by atoms with van der Waals surface area (Å²) >= 11 is 0. The summed E-state index contributed by atoms with van der Waals surface area (Å²) < 4.78 is 7.04. The van der Waals surface area contributed by atoms with Crippen LogP contribution in [0.5, 0.6) is 0 Å². The molecule has 1 aromatic rings. The fraction of sp³-hybridized carbons (Fsp3) is 0.600. The summed E-state index contributed by atoms with van der Waals surface area (Å²) in [6, 6.07) is 0. The van der Waals surface area contributed by atoms with E-state index in [-0.39, 0.29) is 11.7 Å². The minimum Gasteiger partial charge on any atom is -0.381 e. The van der Waals surface area contributed by atoms with Crippen LogP contribution in [0.15, 0.2) is 12.4 Å². The number of nitrogens with zero attached hydrogens (tertiary/aromatic N) is 2. The van der Waals surface area contributed by atoms with Crippen molar-refractivity contribution in [1.82, 2.24) is 9.55 Å². The molecule has 4 heteroatoms. The Morgan fingerprint density at radius 2 is 2.29 bits per heavy atom. The lowest BCUT2D eigenvalue weighted by Gasteiger charge is -2.03. The number of imidazole rings is 1. The molecule has 1 aliphatic carbocycles. The van der Waals surface area contributed by atoms with Crippen LogP contribution in [0.4, 0.5) is 0 Å². The molecule has 2 unspecified atom stereocenters. The van der Waals surface area contributed by atoms with Gasteiger partial charge in [-0.2, -0.15) is 0 Å². The number of hydrogen-bond donors (Lipinski definition) is 0. The minimum absolute atomic E-state index is 0.185. The van der Waals surface area contributed by atoms with Crippen molar-refractivity contribution in [2.45, 2.75) is 0 Å². The van der Waals surface area contributed by atoms with Crippen LogP contribution in [0, 0.1) is 17.8 Å². The second-order valence-corrected chi connectivity index (χ2v) is 4.12. The lowest BCUT2D eigenvalue weighted by molar-refractivity contribution is 0.0880. The monoisotopic (exact) mass is 192 g/mol. The minimum atomic E-state index is 0.185. The average molecular weight is 192 g/mol.